The molecule has 0 aromatic carbocycles. The van der Waals surface area contributed by atoms with Gasteiger partial charge in [0.25, 0.3) is 0 Å². The Hall–Kier alpha value is -1.10. The molecule has 0 spiro atoms. The van der Waals surface area contributed by atoms with Gasteiger partial charge in [-0.25, -0.2) is 0 Å². The summed E-state index contributed by atoms with van der Waals surface area (Å²) in [5.41, 5.74) is -0.507. The summed E-state index contributed by atoms with van der Waals surface area (Å²) in [6.07, 6.45) is 2.33. The smallest absolute Gasteiger partial charge is 0.322 e. The van der Waals surface area contributed by atoms with Crippen LogP contribution in [0, 0.1) is 11.8 Å². The van der Waals surface area contributed by atoms with Crippen molar-refractivity contribution < 1.29 is 14.4 Å². The van der Waals surface area contributed by atoms with Crippen molar-refractivity contribution in [1.82, 2.24) is 10.4 Å². The number of carbonyl (C=O) groups is 2. The molecule has 5 nitrogen and oxygen atoms in total. The first kappa shape index (κ1) is 18.9. The van der Waals surface area contributed by atoms with Gasteiger partial charge in [-0.2, -0.15) is 0 Å². The molecular weight excluding hydrogens is 280 g/mol. The highest BCUT2D eigenvalue weighted by atomic mass is 16.7. The Bertz CT molecular complexity index is 418. The van der Waals surface area contributed by atoms with E-state index in [1.807, 2.05) is 12.0 Å². The predicted octanol–water partition coefficient (Wildman–Crippen LogP) is 2.90. The summed E-state index contributed by atoms with van der Waals surface area (Å²) in [6, 6.07) is 0. The van der Waals surface area contributed by atoms with Crippen molar-refractivity contribution in [3.8, 4) is 0 Å². The van der Waals surface area contributed by atoms with Gasteiger partial charge in [0.1, 0.15) is 0 Å². The fraction of sp³-hybridized carbons (Fsp3) is 0.882. The molecule has 1 rings (SSSR count). The average molecular weight is 312 g/mol. The molecule has 128 valence electrons. The molecule has 0 radical (unpaired) electrons. The summed E-state index contributed by atoms with van der Waals surface area (Å²) in [4.78, 5) is 28.7. The van der Waals surface area contributed by atoms with Crippen molar-refractivity contribution in [3.63, 3.8) is 0 Å². The first-order valence-electron chi connectivity index (χ1n) is 8.28. The highest BCUT2D eigenvalue weighted by Gasteiger charge is 2.51. The van der Waals surface area contributed by atoms with E-state index in [0.717, 1.165) is 12.8 Å². The molecule has 1 fully saturated rings. The first-order chi connectivity index (χ1) is 10.0. The Morgan fingerprint density at radius 1 is 1.27 bits per heavy atom. The number of nitrogens with one attached hydrogen (secondary N) is 1. The fourth-order valence-corrected chi connectivity index (χ4v) is 3.77. The van der Waals surface area contributed by atoms with Crippen LogP contribution < -0.4 is 5.32 Å². The second kappa shape index (κ2) is 6.99. The highest BCUT2D eigenvalue weighted by molar-refractivity contribution is 5.75. The summed E-state index contributed by atoms with van der Waals surface area (Å²) in [5, 5.41) is 4.71. The van der Waals surface area contributed by atoms with Crippen LogP contribution in [0.5, 0.6) is 0 Å². The van der Waals surface area contributed by atoms with Gasteiger partial charge in [0.05, 0.1) is 11.1 Å². The summed E-state index contributed by atoms with van der Waals surface area (Å²) in [5.74, 6) is 0.593. The molecule has 1 saturated heterocycles. The van der Waals surface area contributed by atoms with Crippen LogP contribution in [0.25, 0.3) is 0 Å². The molecule has 1 N–H and O–H groups in total. The Morgan fingerprint density at radius 3 is 2.36 bits per heavy atom. The molecule has 0 aromatic rings. The lowest BCUT2D eigenvalue weighted by molar-refractivity contribution is -0.283. The van der Waals surface area contributed by atoms with Crippen molar-refractivity contribution in [2.75, 3.05) is 6.54 Å². The Labute approximate surface area is 134 Å². The molecule has 5 heteroatoms. The third kappa shape index (κ3) is 4.22. The number of hydrogen-bond acceptors (Lipinski definition) is 4. The van der Waals surface area contributed by atoms with Gasteiger partial charge < -0.3 is 10.2 Å². The molecule has 1 aliphatic heterocycles. The molecule has 0 aromatic heterocycles. The second-order valence-corrected chi connectivity index (χ2v) is 7.59. The maximum absolute atomic E-state index is 11.7. The van der Waals surface area contributed by atoms with Gasteiger partial charge in [-0.15, -0.1) is 5.06 Å². The number of piperidine rings is 1. The molecule has 2 unspecified atom stereocenters. The van der Waals surface area contributed by atoms with Crippen LogP contribution in [-0.2, 0) is 14.4 Å². The molecule has 22 heavy (non-hydrogen) atoms. The summed E-state index contributed by atoms with van der Waals surface area (Å²) >= 11 is 0. The summed E-state index contributed by atoms with van der Waals surface area (Å²) in [7, 11) is 0. The number of amides is 1. The standard InChI is InChI=1S/C17H32N2O3/c1-8-18-15(21)10-9-14-11-16(4,5)19(22-13(3)20)17(6,7)12(14)2/h12,14H,8-11H2,1-7H3,(H,18,21). The minimum absolute atomic E-state index is 0.118. The number of hydrogen-bond donors (Lipinski definition) is 1. The lowest BCUT2D eigenvalue weighted by atomic mass is 9.67. The molecule has 0 saturated carbocycles. The van der Waals surface area contributed by atoms with E-state index in [4.69, 9.17) is 4.84 Å². The predicted molar refractivity (Wildman–Crippen MR) is 87.0 cm³/mol. The van der Waals surface area contributed by atoms with Crippen LogP contribution in [0.1, 0.15) is 67.7 Å². The second-order valence-electron chi connectivity index (χ2n) is 7.59. The van der Waals surface area contributed by atoms with E-state index < -0.39 is 0 Å². The summed E-state index contributed by atoms with van der Waals surface area (Å²) < 4.78 is 0. The first-order valence-corrected chi connectivity index (χ1v) is 8.28. The van der Waals surface area contributed by atoms with Crippen LogP contribution in [-0.4, -0.2) is 34.6 Å². The van der Waals surface area contributed by atoms with Gasteiger partial charge in [0, 0.05) is 19.9 Å². The minimum atomic E-state index is -0.283. The van der Waals surface area contributed by atoms with Crippen molar-refractivity contribution in [1.29, 1.82) is 0 Å². The Morgan fingerprint density at radius 2 is 1.86 bits per heavy atom. The molecule has 1 heterocycles. The van der Waals surface area contributed by atoms with Crippen LogP contribution in [0.3, 0.4) is 0 Å². The molecule has 0 bridgehead atoms. The number of rotatable bonds is 5. The van der Waals surface area contributed by atoms with E-state index in [1.54, 1.807) is 0 Å². The number of nitrogens with zero attached hydrogens (tertiary/aromatic N) is 1. The van der Waals surface area contributed by atoms with E-state index in [2.05, 4.69) is 39.9 Å². The van der Waals surface area contributed by atoms with Crippen LogP contribution in [0.2, 0.25) is 0 Å². The zero-order chi connectivity index (χ0) is 17.1. The third-order valence-corrected chi connectivity index (χ3v) is 4.99. The topological polar surface area (TPSA) is 58.6 Å². The van der Waals surface area contributed by atoms with E-state index >= 15 is 0 Å². The molecule has 1 aliphatic rings. The van der Waals surface area contributed by atoms with Gasteiger partial charge >= 0.3 is 5.97 Å². The van der Waals surface area contributed by atoms with Gasteiger partial charge in [-0.1, -0.05) is 6.92 Å². The quantitative estimate of drug-likeness (QED) is 0.848. The van der Waals surface area contributed by atoms with Crippen molar-refractivity contribution in [3.05, 3.63) is 0 Å². The van der Waals surface area contributed by atoms with Crippen LogP contribution in [0.15, 0.2) is 0 Å². The molecule has 1 amide bonds. The SMILES string of the molecule is CCNC(=O)CCC1CC(C)(C)N(OC(C)=O)C(C)(C)C1C. The zero-order valence-corrected chi connectivity index (χ0v) is 15.2. The molecule has 2 atom stereocenters. The third-order valence-electron chi connectivity index (χ3n) is 4.99. The van der Waals surface area contributed by atoms with Gasteiger partial charge in [0.15, 0.2) is 0 Å². The maximum atomic E-state index is 11.7. The lowest BCUT2D eigenvalue weighted by Crippen LogP contribution is -2.64. The van der Waals surface area contributed by atoms with E-state index in [9.17, 15) is 9.59 Å². The maximum Gasteiger partial charge on any atom is 0.322 e. The monoisotopic (exact) mass is 312 g/mol. The van der Waals surface area contributed by atoms with E-state index in [0.29, 0.717) is 24.8 Å². The molecular formula is C17H32N2O3. The Kier molecular flexibility index (Phi) is 6.02. The lowest BCUT2D eigenvalue weighted by Gasteiger charge is -2.56. The van der Waals surface area contributed by atoms with Crippen molar-refractivity contribution in [2.45, 2.75) is 78.8 Å². The van der Waals surface area contributed by atoms with Gasteiger partial charge in [-0.3, -0.25) is 9.59 Å². The van der Waals surface area contributed by atoms with Crippen molar-refractivity contribution >= 4 is 11.9 Å². The van der Waals surface area contributed by atoms with Gasteiger partial charge in [-0.05, 0) is 59.3 Å². The number of hydroxylamine groups is 2. The minimum Gasteiger partial charge on any atom is -0.367 e. The average Bonchev–Trinajstić information content (AvgIpc) is 2.38. The van der Waals surface area contributed by atoms with Gasteiger partial charge in [0.2, 0.25) is 5.91 Å². The van der Waals surface area contributed by atoms with E-state index in [-0.39, 0.29) is 23.0 Å². The van der Waals surface area contributed by atoms with E-state index in [1.165, 1.54) is 6.92 Å². The Balaban J connectivity index is 2.85. The molecule has 0 aliphatic carbocycles. The largest absolute Gasteiger partial charge is 0.367 e. The number of carbonyl (C=O) groups excluding carboxylic acids is 2. The van der Waals surface area contributed by atoms with Crippen LogP contribution >= 0.6 is 0 Å². The zero-order valence-electron chi connectivity index (χ0n) is 15.2. The highest BCUT2D eigenvalue weighted by Crippen LogP contribution is 2.46. The summed E-state index contributed by atoms with van der Waals surface area (Å²) in [6.45, 7) is 14.7. The fourth-order valence-electron chi connectivity index (χ4n) is 3.77. The normalized spacial score (nSPS) is 27.2. The van der Waals surface area contributed by atoms with Crippen LogP contribution in [0.4, 0.5) is 0 Å². The van der Waals surface area contributed by atoms with Crippen molar-refractivity contribution in [2.24, 2.45) is 11.8 Å².